The van der Waals surface area contributed by atoms with E-state index >= 15 is 0 Å². The summed E-state index contributed by atoms with van der Waals surface area (Å²) in [6, 6.07) is 12.5. The second kappa shape index (κ2) is 12.0. The standard InChI is InChI=1S/C28H31N5O7S2/c1-18-26(42(36,37)33-13-11-31(12-14-33)20-7-5-6-8-21(20)38-2)25-27(41-18)29-17-32(28(25)35)16-24(34)30-19-9-10-22(39-3)23(15-19)40-4/h5-10,15,17H,11-14,16H2,1-4H3,(H,30,34). The summed E-state index contributed by atoms with van der Waals surface area (Å²) >= 11 is 1.14. The van der Waals surface area contributed by atoms with E-state index in [1.54, 1.807) is 32.2 Å². The number of fused-ring (bicyclic) bond motifs is 1. The van der Waals surface area contributed by atoms with Crippen LogP contribution in [-0.4, -0.2) is 75.7 Å². The molecule has 0 bridgehead atoms. The molecule has 1 fully saturated rings. The fourth-order valence-corrected chi connectivity index (χ4v) is 8.08. The molecule has 2 aromatic carbocycles. The molecule has 1 saturated heterocycles. The van der Waals surface area contributed by atoms with Crippen LogP contribution in [0.25, 0.3) is 10.2 Å². The number of benzene rings is 2. The molecule has 1 amide bonds. The first-order chi connectivity index (χ1) is 20.2. The highest BCUT2D eigenvalue weighted by molar-refractivity contribution is 7.89. The summed E-state index contributed by atoms with van der Waals surface area (Å²) in [7, 11) is 0.573. The van der Waals surface area contributed by atoms with Gasteiger partial charge in [0, 0.05) is 42.8 Å². The summed E-state index contributed by atoms with van der Waals surface area (Å²) in [5, 5.41) is 2.71. The Kier molecular flexibility index (Phi) is 8.38. The number of hydrogen-bond acceptors (Lipinski definition) is 10. The van der Waals surface area contributed by atoms with E-state index in [1.807, 2.05) is 24.3 Å². The Morgan fingerprint density at radius 2 is 1.67 bits per heavy atom. The lowest BCUT2D eigenvalue weighted by atomic mass is 10.2. The maximum absolute atomic E-state index is 13.9. The number of sulfonamides is 1. The van der Waals surface area contributed by atoms with Crippen LogP contribution in [0, 0.1) is 6.92 Å². The number of methoxy groups -OCH3 is 3. The molecule has 1 aliphatic rings. The number of hydrogen-bond donors (Lipinski definition) is 1. The fourth-order valence-electron chi connectivity index (χ4n) is 5.00. The van der Waals surface area contributed by atoms with E-state index in [2.05, 4.69) is 15.2 Å². The second-order valence-corrected chi connectivity index (χ2v) is 12.6. The number of ether oxygens (including phenoxy) is 3. The predicted molar refractivity (Wildman–Crippen MR) is 161 cm³/mol. The van der Waals surface area contributed by atoms with Crippen LogP contribution in [0.1, 0.15) is 4.88 Å². The van der Waals surface area contributed by atoms with Gasteiger partial charge in [-0.25, -0.2) is 13.4 Å². The topological polar surface area (TPSA) is 132 Å². The lowest BCUT2D eigenvalue weighted by molar-refractivity contribution is -0.116. The van der Waals surface area contributed by atoms with Gasteiger partial charge in [-0.05, 0) is 31.2 Å². The summed E-state index contributed by atoms with van der Waals surface area (Å²) in [6.07, 6.45) is 1.26. The molecule has 12 nitrogen and oxygen atoms in total. The molecule has 42 heavy (non-hydrogen) atoms. The number of para-hydroxylation sites is 2. The minimum absolute atomic E-state index is 0.00826. The molecule has 0 saturated carbocycles. The van der Waals surface area contributed by atoms with Crippen LogP contribution >= 0.6 is 11.3 Å². The van der Waals surface area contributed by atoms with Crippen LogP contribution in [0.5, 0.6) is 17.2 Å². The normalized spacial score (nSPS) is 14.1. The average Bonchev–Trinajstić information content (AvgIpc) is 3.35. The number of aromatic nitrogens is 2. The Morgan fingerprint density at radius 1 is 0.976 bits per heavy atom. The van der Waals surface area contributed by atoms with Crippen molar-refractivity contribution in [3.63, 3.8) is 0 Å². The molecule has 0 spiro atoms. The maximum Gasteiger partial charge on any atom is 0.263 e. The molecule has 1 aliphatic heterocycles. The highest BCUT2D eigenvalue weighted by Gasteiger charge is 2.34. The maximum atomic E-state index is 13.9. The van der Waals surface area contributed by atoms with Gasteiger partial charge >= 0.3 is 0 Å². The van der Waals surface area contributed by atoms with Crippen LogP contribution in [0.3, 0.4) is 0 Å². The first kappa shape index (κ1) is 29.4. The van der Waals surface area contributed by atoms with Gasteiger partial charge in [0.05, 0.1) is 38.7 Å². The number of rotatable bonds is 9. The molecule has 0 aliphatic carbocycles. The lowest BCUT2D eigenvalue weighted by Crippen LogP contribution is -2.49. The Balaban J connectivity index is 1.38. The second-order valence-electron chi connectivity index (χ2n) is 9.53. The number of carbonyl (C=O) groups excluding carboxylic acids is 1. The zero-order valence-electron chi connectivity index (χ0n) is 23.6. The largest absolute Gasteiger partial charge is 0.495 e. The summed E-state index contributed by atoms with van der Waals surface area (Å²) < 4.78 is 46.3. The molecule has 5 rings (SSSR count). The van der Waals surface area contributed by atoms with Crippen molar-refractivity contribution in [2.45, 2.75) is 18.4 Å². The SMILES string of the molecule is COc1ccc(NC(=O)Cn2cnc3sc(C)c(S(=O)(=O)N4CCN(c5ccccc5OC)CC4)c3c2=O)cc1OC. The molecule has 14 heteroatoms. The minimum Gasteiger partial charge on any atom is -0.495 e. The fraction of sp³-hybridized carbons (Fsp3) is 0.321. The van der Waals surface area contributed by atoms with Gasteiger partial charge in [0.1, 0.15) is 22.0 Å². The van der Waals surface area contributed by atoms with E-state index in [-0.39, 0.29) is 29.9 Å². The molecule has 4 aromatic rings. The van der Waals surface area contributed by atoms with Crippen molar-refractivity contribution in [2.24, 2.45) is 0 Å². The van der Waals surface area contributed by atoms with Crippen LogP contribution in [-0.2, 0) is 21.4 Å². The molecule has 0 atom stereocenters. The van der Waals surface area contributed by atoms with Crippen molar-refractivity contribution >= 4 is 48.9 Å². The molecule has 1 N–H and O–H groups in total. The summed E-state index contributed by atoms with van der Waals surface area (Å²) in [5.41, 5.74) is 0.743. The number of nitrogens with zero attached hydrogens (tertiary/aromatic N) is 4. The average molecular weight is 614 g/mol. The van der Waals surface area contributed by atoms with Crippen molar-refractivity contribution in [1.29, 1.82) is 0 Å². The molecule has 2 aromatic heterocycles. The van der Waals surface area contributed by atoms with E-state index in [9.17, 15) is 18.0 Å². The summed E-state index contributed by atoms with van der Waals surface area (Å²) in [5.74, 6) is 1.16. The summed E-state index contributed by atoms with van der Waals surface area (Å²) in [6.45, 7) is 2.69. The van der Waals surface area contributed by atoms with Gasteiger partial charge in [0.15, 0.2) is 11.5 Å². The molecule has 3 heterocycles. The van der Waals surface area contributed by atoms with Crippen molar-refractivity contribution < 1.29 is 27.4 Å². The third-order valence-electron chi connectivity index (χ3n) is 7.04. The number of piperazine rings is 1. The van der Waals surface area contributed by atoms with E-state index in [0.717, 1.165) is 27.3 Å². The number of anilines is 2. The molecule has 0 unspecified atom stereocenters. The highest BCUT2D eigenvalue weighted by Crippen LogP contribution is 2.35. The van der Waals surface area contributed by atoms with Gasteiger partial charge in [0.2, 0.25) is 15.9 Å². The molecule has 222 valence electrons. The Bertz CT molecular complexity index is 1790. The van der Waals surface area contributed by atoms with Crippen LogP contribution in [0.15, 0.2) is 58.5 Å². The number of nitrogens with one attached hydrogen (secondary N) is 1. The molecular formula is C28H31N5O7S2. The smallest absolute Gasteiger partial charge is 0.263 e. The van der Waals surface area contributed by atoms with Crippen molar-refractivity contribution in [3.05, 3.63) is 64.0 Å². The monoisotopic (exact) mass is 613 g/mol. The first-order valence-electron chi connectivity index (χ1n) is 13.1. The molecule has 0 radical (unpaired) electrons. The zero-order chi connectivity index (χ0) is 30.0. The summed E-state index contributed by atoms with van der Waals surface area (Å²) in [4.78, 5) is 33.5. The van der Waals surface area contributed by atoms with Crippen molar-refractivity contribution in [2.75, 3.05) is 57.7 Å². The van der Waals surface area contributed by atoms with Gasteiger partial charge < -0.3 is 24.4 Å². The third-order valence-corrected chi connectivity index (χ3v) is 10.3. The Morgan fingerprint density at radius 3 is 2.36 bits per heavy atom. The van der Waals surface area contributed by atoms with Crippen LogP contribution in [0.4, 0.5) is 11.4 Å². The van der Waals surface area contributed by atoms with Gasteiger partial charge in [-0.1, -0.05) is 12.1 Å². The van der Waals surface area contributed by atoms with E-state index in [4.69, 9.17) is 14.2 Å². The first-order valence-corrected chi connectivity index (χ1v) is 15.3. The van der Waals surface area contributed by atoms with Crippen LogP contribution in [0.2, 0.25) is 0 Å². The van der Waals surface area contributed by atoms with Crippen LogP contribution < -0.4 is 30.0 Å². The quantitative estimate of drug-likeness (QED) is 0.303. The number of thiophene rings is 1. The van der Waals surface area contributed by atoms with Gasteiger partial charge in [-0.3, -0.25) is 14.2 Å². The zero-order valence-corrected chi connectivity index (χ0v) is 25.3. The highest BCUT2D eigenvalue weighted by atomic mass is 32.2. The predicted octanol–water partition coefficient (Wildman–Crippen LogP) is 2.94. The van der Waals surface area contributed by atoms with E-state index in [1.165, 1.54) is 24.9 Å². The van der Waals surface area contributed by atoms with Crippen molar-refractivity contribution in [3.8, 4) is 17.2 Å². The Labute approximate surface area is 247 Å². The third kappa shape index (κ3) is 5.52. The minimum atomic E-state index is -4.02. The lowest BCUT2D eigenvalue weighted by Gasteiger charge is -2.35. The number of amides is 1. The Hall–Kier alpha value is -4.14. The van der Waals surface area contributed by atoms with Gasteiger partial charge in [0.25, 0.3) is 5.56 Å². The number of carbonyl (C=O) groups is 1. The van der Waals surface area contributed by atoms with Crippen molar-refractivity contribution in [1.82, 2.24) is 13.9 Å². The molecular weight excluding hydrogens is 582 g/mol. The van der Waals surface area contributed by atoms with Gasteiger partial charge in [-0.2, -0.15) is 4.31 Å². The van der Waals surface area contributed by atoms with E-state index in [0.29, 0.717) is 40.0 Å². The van der Waals surface area contributed by atoms with Gasteiger partial charge in [-0.15, -0.1) is 11.3 Å². The van der Waals surface area contributed by atoms with E-state index < -0.39 is 21.5 Å². The number of aryl methyl sites for hydroxylation is 1.